The van der Waals surface area contributed by atoms with Crippen molar-refractivity contribution in [2.75, 3.05) is 17.7 Å². The van der Waals surface area contributed by atoms with E-state index in [1.165, 1.54) is 0 Å². The molecule has 0 spiro atoms. The van der Waals surface area contributed by atoms with E-state index >= 15 is 0 Å². The largest absolute Gasteiger partial charge is 0.399 e. The first-order valence-corrected chi connectivity index (χ1v) is 7.05. The van der Waals surface area contributed by atoms with Gasteiger partial charge >= 0.3 is 0 Å². The SMILES string of the molecule is CC(c1ccc(N)cc1)[C@@]1(C)C(=O)N(C)c2ncccc21. The Morgan fingerprint density at radius 1 is 1.24 bits per heavy atom. The molecule has 21 heavy (non-hydrogen) atoms. The van der Waals surface area contributed by atoms with Crippen LogP contribution in [0.5, 0.6) is 0 Å². The summed E-state index contributed by atoms with van der Waals surface area (Å²) in [5.74, 6) is 0.881. The lowest BCUT2D eigenvalue weighted by atomic mass is 9.71. The number of pyridine rings is 1. The summed E-state index contributed by atoms with van der Waals surface area (Å²) in [6.45, 7) is 4.08. The Morgan fingerprint density at radius 2 is 1.90 bits per heavy atom. The van der Waals surface area contributed by atoms with Gasteiger partial charge < -0.3 is 5.73 Å². The second-order valence-corrected chi connectivity index (χ2v) is 5.83. The summed E-state index contributed by atoms with van der Waals surface area (Å²) in [5, 5.41) is 0. The van der Waals surface area contributed by atoms with Crippen molar-refractivity contribution < 1.29 is 4.79 Å². The normalized spacial score (nSPS) is 22.2. The van der Waals surface area contributed by atoms with Gasteiger partial charge in [0.1, 0.15) is 5.82 Å². The van der Waals surface area contributed by atoms with Gasteiger partial charge in [-0.2, -0.15) is 0 Å². The lowest BCUT2D eigenvalue weighted by molar-refractivity contribution is -0.123. The van der Waals surface area contributed by atoms with Crippen LogP contribution < -0.4 is 10.6 Å². The van der Waals surface area contributed by atoms with E-state index in [2.05, 4.69) is 11.9 Å². The third-order valence-electron chi connectivity index (χ3n) is 4.72. The molecule has 1 unspecified atom stereocenters. The minimum Gasteiger partial charge on any atom is -0.399 e. The second kappa shape index (κ2) is 4.58. The average Bonchev–Trinajstić information content (AvgIpc) is 2.71. The number of nitrogens with two attached hydrogens (primary N) is 1. The Labute approximate surface area is 124 Å². The maximum Gasteiger partial charge on any atom is 0.239 e. The zero-order chi connectivity index (χ0) is 15.2. The van der Waals surface area contributed by atoms with Crippen LogP contribution in [-0.2, 0) is 10.2 Å². The molecule has 2 heterocycles. The van der Waals surface area contributed by atoms with Crippen molar-refractivity contribution in [2.45, 2.75) is 25.2 Å². The first-order valence-electron chi connectivity index (χ1n) is 7.05. The monoisotopic (exact) mass is 281 g/mol. The van der Waals surface area contributed by atoms with Crippen molar-refractivity contribution >= 4 is 17.4 Å². The average molecular weight is 281 g/mol. The summed E-state index contributed by atoms with van der Waals surface area (Å²) >= 11 is 0. The molecule has 4 heteroatoms. The van der Waals surface area contributed by atoms with Crippen LogP contribution in [0.3, 0.4) is 0 Å². The Bertz CT molecular complexity index is 695. The molecule has 2 N–H and O–H groups in total. The summed E-state index contributed by atoms with van der Waals surface area (Å²) in [6.07, 6.45) is 1.72. The van der Waals surface area contributed by atoms with Gasteiger partial charge in [-0.25, -0.2) is 4.98 Å². The third kappa shape index (κ3) is 1.82. The van der Waals surface area contributed by atoms with Gasteiger partial charge in [0.2, 0.25) is 5.91 Å². The Morgan fingerprint density at radius 3 is 2.57 bits per heavy atom. The minimum absolute atomic E-state index is 0.0403. The van der Waals surface area contributed by atoms with Gasteiger partial charge in [-0.05, 0) is 36.6 Å². The highest BCUT2D eigenvalue weighted by Crippen LogP contribution is 2.48. The third-order valence-corrected chi connectivity index (χ3v) is 4.72. The number of rotatable bonds is 2. The number of likely N-dealkylation sites (N-methyl/N-ethyl adjacent to an activating group) is 1. The quantitative estimate of drug-likeness (QED) is 0.861. The van der Waals surface area contributed by atoms with Crippen molar-refractivity contribution in [3.8, 4) is 0 Å². The number of nitrogens with zero attached hydrogens (tertiary/aromatic N) is 2. The molecule has 0 saturated carbocycles. The summed E-state index contributed by atoms with van der Waals surface area (Å²) in [4.78, 5) is 18.8. The molecule has 2 atom stereocenters. The Balaban J connectivity index is 2.12. The van der Waals surface area contributed by atoms with Gasteiger partial charge in [0.15, 0.2) is 0 Å². The van der Waals surface area contributed by atoms with Gasteiger partial charge in [0, 0.05) is 24.5 Å². The van der Waals surface area contributed by atoms with Crippen molar-refractivity contribution in [3.05, 3.63) is 53.7 Å². The van der Waals surface area contributed by atoms with E-state index in [4.69, 9.17) is 5.73 Å². The standard InChI is InChI=1S/C17H19N3O/c1-11(12-6-8-13(18)9-7-12)17(2)14-5-4-10-19-15(14)20(3)16(17)21/h4-11H,18H2,1-3H3/t11?,17-/m1/s1. The summed E-state index contributed by atoms with van der Waals surface area (Å²) in [7, 11) is 1.79. The van der Waals surface area contributed by atoms with Crippen LogP contribution in [0, 0.1) is 0 Å². The van der Waals surface area contributed by atoms with E-state index in [9.17, 15) is 4.79 Å². The van der Waals surface area contributed by atoms with Gasteiger partial charge in [-0.1, -0.05) is 25.1 Å². The fourth-order valence-electron chi connectivity index (χ4n) is 3.17. The van der Waals surface area contributed by atoms with E-state index in [1.54, 1.807) is 18.1 Å². The number of nitrogen functional groups attached to an aromatic ring is 1. The lowest BCUT2D eigenvalue weighted by Gasteiger charge is -2.30. The first-order chi connectivity index (χ1) is 9.96. The molecule has 1 aliphatic rings. The first kappa shape index (κ1) is 13.6. The molecule has 4 nitrogen and oxygen atoms in total. The molecule has 1 aromatic carbocycles. The van der Waals surface area contributed by atoms with Crippen molar-refractivity contribution in [1.82, 2.24) is 4.98 Å². The Hall–Kier alpha value is -2.36. The van der Waals surface area contributed by atoms with Crippen molar-refractivity contribution in [1.29, 1.82) is 0 Å². The van der Waals surface area contributed by atoms with Crippen LogP contribution >= 0.6 is 0 Å². The van der Waals surface area contributed by atoms with Crippen LogP contribution in [0.4, 0.5) is 11.5 Å². The number of hydrogen-bond donors (Lipinski definition) is 1. The highest BCUT2D eigenvalue weighted by molar-refractivity contribution is 6.07. The molecule has 1 aliphatic heterocycles. The number of fused-ring (bicyclic) bond motifs is 1. The fraction of sp³-hybridized carbons (Fsp3) is 0.294. The van der Waals surface area contributed by atoms with E-state index in [1.807, 2.05) is 43.3 Å². The number of hydrogen-bond acceptors (Lipinski definition) is 3. The maximum atomic E-state index is 12.8. The summed E-state index contributed by atoms with van der Waals surface area (Å²) in [6, 6.07) is 11.6. The van der Waals surface area contributed by atoms with Gasteiger partial charge in [-0.3, -0.25) is 9.69 Å². The molecule has 0 aliphatic carbocycles. The van der Waals surface area contributed by atoms with Crippen LogP contribution in [0.2, 0.25) is 0 Å². The number of amides is 1. The maximum absolute atomic E-state index is 12.8. The number of carbonyl (C=O) groups excluding carboxylic acids is 1. The zero-order valence-corrected chi connectivity index (χ0v) is 12.5. The molecular weight excluding hydrogens is 262 g/mol. The minimum atomic E-state index is -0.603. The number of aromatic nitrogens is 1. The lowest BCUT2D eigenvalue weighted by Crippen LogP contribution is -2.40. The Kier molecular flexibility index (Phi) is 2.97. The highest BCUT2D eigenvalue weighted by atomic mass is 16.2. The van der Waals surface area contributed by atoms with E-state index in [0.29, 0.717) is 0 Å². The molecule has 0 radical (unpaired) electrons. The number of anilines is 2. The molecule has 0 fully saturated rings. The van der Waals surface area contributed by atoms with Crippen molar-refractivity contribution in [2.24, 2.45) is 0 Å². The van der Waals surface area contributed by atoms with Crippen LogP contribution in [0.1, 0.15) is 30.9 Å². The number of benzene rings is 1. The number of carbonyl (C=O) groups is 1. The molecule has 0 bridgehead atoms. The van der Waals surface area contributed by atoms with E-state index < -0.39 is 5.41 Å². The fourth-order valence-corrected chi connectivity index (χ4v) is 3.17. The topological polar surface area (TPSA) is 59.2 Å². The molecule has 2 aromatic rings. The summed E-state index contributed by atoms with van der Waals surface area (Å²) in [5.41, 5.74) is 7.97. The van der Waals surface area contributed by atoms with Crippen LogP contribution in [0.25, 0.3) is 0 Å². The van der Waals surface area contributed by atoms with Crippen molar-refractivity contribution in [3.63, 3.8) is 0 Å². The molecule has 1 amide bonds. The predicted octanol–water partition coefficient (Wildman–Crippen LogP) is 2.70. The molecular formula is C17H19N3O. The molecule has 0 saturated heterocycles. The summed E-state index contributed by atoms with van der Waals surface area (Å²) < 4.78 is 0. The van der Waals surface area contributed by atoms with Crippen LogP contribution in [-0.4, -0.2) is 17.9 Å². The second-order valence-electron chi connectivity index (χ2n) is 5.83. The van der Waals surface area contributed by atoms with Gasteiger partial charge in [0.05, 0.1) is 5.41 Å². The molecule has 108 valence electrons. The molecule has 1 aromatic heterocycles. The predicted molar refractivity (Wildman–Crippen MR) is 84.3 cm³/mol. The van der Waals surface area contributed by atoms with Gasteiger partial charge in [0.25, 0.3) is 0 Å². The zero-order valence-electron chi connectivity index (χ0n) is 12.5. The van der Waals surface area contributed by atoms with Crippen LogP contribution in [0.15, 0.2) is 42.6 Å². The van der Waals surface area contributed by atoms with Gasteiger partial charge in [-0.15, -0.1) is 0 Å². The highest BCUT2D eigenvalue weighted by Gasteiger charge is 2.50. The molecule has 3 rings (SSSR count). The van der Waals surface area contributed by atoms with E-state index in [-0.39, 0.29) is 11.8 Å². The van der Waals surface area contributed by atoms with E-state index in [0.717, 1.165) is 22.6 Å². The smallest absolute Gasteiger partial charge is 0.239 e.